The molecule has 2 aromatic carbocycles. The third-order valence-corrected chi connectivity index (χ3v) is 2.97. The summed E-state index contributed by atoms with van der Waals surface area (Å²) in [5.74, 6) is 2.24. The molecule has 0 aliphatic heterocycles. The predicted octanol–water partition coefficient (Wildman–Crippen LogP) is 4.49. The third kappa shape index (κ3) is 2.83. The van der Waals surface area contributed by atoms with Gasteiger partial charge in [-0.3, -0.25) is 0 Å². The van der Waals surface area contributed by atoms with Crippen LogP contribution < -0.4 is 10.5 Å². The number of hydrogen-bond donors (Lipinski definition) is 1. The van der Waals surface area contributed by atoms with Crippen LogP contribution in [0.2, 0.25) is 0 Å². The largest absolute Gasteiger partial charge is 0.457 e. The second-order valence-electron chi connectivity index (χ2n) is 4.85. The highest BCUT2D eigenvalue weighted by molar-refractivity contribution is 5.45. The number of aryl methyl sites for hydroxylation is 1. The summed E-state index contributed by atoms with van der Waals surface area (Å²) in [7, 11) is 0. The molecule has 0 atom stereocenters. The molecule has 0 aliphatic rings. The van der Waals surface area contributed by atoms with Crippen molar-refractivity contribution >= 4 is 5.69 Å². The lowest BCUT2D eigenvalue weighted by molar-refractivity contribution is 0.478. The number of anilines is 1. The number of rotatable bonds is 3. The van der Waals surface area contributed by atoms with Crippen molar-refractivity contribution in [1.82, 2.24) is 0 Å². The van der Waals surface area contributed by atoms with E-state index in [4.69, 9.17) is 10.5 Å². The van der Waals surface area contributed by atoms with Gasteiger partial charge in [-0.05, 0) is 54.3 Å². The van der Waals surface area contributed by atoms with Crippen molar-refractivity contribution < 1.29 is 4.74 Å². The van der Waals surface area contributed by atoms with E-state index in [2.05, 4.69) is 32.9 Å². The van der Waals surface area contributed by atoms with Gasteiger partial charge in [-0.15, -0.1) is 0 Å². The van der Waals surface area contributed by atoms with Gasteiger partial charge in [0.2, 0.25) is 0 Å². The average molecular weight is 241 g/mol. The van der Waals surface area contributed by atoms with Gasteiger partial charge in [-0.2, -0.15) is 0 Å². The molecule has 0 heterocycles. The highest BCUT2D eigenvalue weighted by atomic mass is 16.5. The minimum absolute atomic E-state index is 0.536. The Morgan fingerprint density at radius 3 is 2.22 bits per heavy atom. The highest BCUT2D eigenvalue weighted by Crippen LogP contribution is 2.28. The van der Waals surface area contributed by atoms with Crippen LogP contribution in [0, 0.1) is 6.92 Å². The second kappa shape index (κ2) is 5.13. The molecule has 2 aromatic rings. The first-order valence-corrected chi connectivity index (χ1v) is 6.20. The van der Waals surface area contributed by atoms with Gasteiger partial charge in [0, 0.05) is 5.69 Å². The SMILES string of the molecule is Cc1cc(C(C)C)ccc1Oc1ccc(N)cc1. The van der Waals surface area contributed by atoms with Gasteiger partial charge >= 0.3 is 0 Å². The highest BCUT2D eigenvalue weighted by Gasteiger charge is 2.05. The van der Waals surface area contributed by atoms with Gasteiger partial charge in [-0.25, -0.2) is 0 Å². The van der Waals surface area contributed by atoms with E-state index in [1.54, 1.807) is 0 Å². The second-order valence-corrected chi connectivity index (χ2v) is 4.85. The standard InChI is InChI=1S/C16H19NO/c1-11(2)13-4-9-16(12(3)10-13)18-15-7-5-14(17)6-8-15/h4-11H,17H2,1-3H3. The van der Waals surface area contributed by atoms with Crippen molar-refractivity contribution in [2.75, 3.05) is 5.73 Å². The lowest BCUT2D eigenvalue weighted by Gasteiger charge is -2.12. The molecule has 0 unspecified atom stereocenters. The van der Waals surface area contributed by atoms with Crippen LogP contribution in [-0.4, -0.2) is 0 Å². The topological polar surface area (TPSA) is 35.2 Å². The Labute approximate surface area is 108 Å². The van der Waals surface area contributed by atoms with Crippen molar-refractivity contribution in [2.45, 2.75) is 26.7 Å². The smallest absolute Gasteiger partial charge is 0.130 e. The Bertz CT molecular complexity index is 529. The molecule has 0 aromatic heterocycles. The number of benzene rings is 2. The molecule has 0 bridgehead atoms. The average Bonchev–Trinajstić information content (AvgIpc) is 2.34. The lowest BCUT2D eigenvalue weighted by atomic mass is 10.0. The van der Waals surface area contributed by atoms with Gasteiger partial charge in [0.25, 0.3) is 0 Å². The van der Waals surface area contributed by atoms with Crippen LogP contribution in [0.1, 0.15) is 30.9 Å². The number of nitrogen functional groups attached to an aromatic ring is 1. The van der Waals surface area contributed by atoms with Crippen molar-refractivity contribution in [3.05, 3.63) is 53.6 Å². The fourth-order valence-corrected chi connectivity index (χ4v) is 1.81. The normalized spacial score (nSPS) is 10.7. The maximum Gasteiger partial charge on any atom is 0.130 e. The van der Waals surface area contributed by atoms with E-state index in [-0.39, 0.29) is 0 Å². The molecule has 0 saturated heterocycles. The van der Waals surface area contributed by atoms with Crippen LogP contribution in [0.15, 0.2) is 42.5 Å². The first-order chi connectivity index (χ1) is 8.56. The van der Waals surface area contributed by atoms with Crippen LogP contribution in [-0.2, 0) is 0 Å². The molecular weight excluding hydrogens is 222 g/mol. The fourth-order valence-electron chi connectivity index (χ4n) is 1.81. The van der Waals surface area contributed by atoms with Crippen LogP contribution in [0.5, 0.6) is 11.5 Å². The van der Waals surface area contributed by atoms with E-state index in [0.29, 0.717) is 5.92 Å². The van der Waals surface area contributed by atoms with Crippen molar-refractivity contribution in [3.63, 3.8) is 0 Å². The Morgan fingerprint density at radius 2 is 1.67 bits per heavy atom. The molecule has 2 N–H and O–H groups in total. The summed E-state index contributed by atoms with van der Waals surface area (Å²) in [6.45, 7) is 6.45. The van der Waals surface area contributed by atoms with E-state index in [9.17, 15) is 0 Å². The number of nitrogens with two attached hydrogens (primary N) is 1. The zero-order valence-corrected chi connectivity index (χ0v) is 11.1. The van der Waals surface area contributed by atoms with Crippen LogP contribution in [0.25, 0.3) is 0 Å². The van der Waals surface area contributed by atoms with Gasteiger partial charge in [-0.1, -0.05) is 26.0 Å². The lowest BCUT2D eigenvalue weighted by Crippen LogP contribution is -1.92. The molecule has 0 fully saturated rings. The molecule has 0 radical (unpaired) electrons. The maximum absolute atomic E-state index is 5.84. The molecule has 0 saturated carbocycles. The summed E-state index contributed by atoms with van der Waals surface area (Å²) < 4.78 is 5.84. The van der Waals surface area contributed by atoms with E-state index in [1.165, 1.54) is 5.56 Å². The Balaban J connectivity index is 2.22. The molecular formula is C16H19NO. The monoisotopic (exact) mass is 241 g/mol. The number of hydrogen-bond acceptors (Lipinski definition) is 2. The molecule has 0 aliphatic carbocycles. The van der Waals surface area contributed by atoms with Crippen molar-refractivity contribution in [1.29, 1.82) is 0 Å². The summed E-state index contributed by atoms with van der Waals surface area (Å²) >= 11 is 0. The molecule has 2 nitrogen and oxygen atoms in total. The molecule has 0 amide bonds. The quantitative estimate of drug-likeness (QED) is 0.803. The van der Waals surface area contributed by atoms with Crippen LogP contribution in [0.3, 0.4) is 0 Å². The fraction of sp³-hybridized carbons (Fsp3) is 0.250. The summed E-state index contributed by atoms with van der Waals surface area (Å²) in [6.07, 6.45) is 0. The minimum Gasteiger partial charge on any atom is -0.457 e. The van der Waals surface area contributed by atoms with Crippen molar-refractivity contribution in [2.24, 2.45) is 0 Å². The maximum atomic E-state index is 5.84. The summed E-state index contributed by atoms with van der Waals surface area (Å²) in [4.78, 5) is 0. The third-order valence-electron chi connectivity index (χ3n) is 2.97. The van der Waals surface area contributed by atoms with Gasteiger partial charge < -0.3 is 10.5 Å². The summed E-state index contributed by atoms with van der Waals surface area (Å²) in [5, 5.41) is 0. The van der Waals surface area contributed by atoms with E-state index in [0.717, 1.165) is 22.7 Å². The first-order valence-electron chi connectivity index (χ1n) is 6.20. The molecule has 0 spiro atoms. The first kappa shape index (κ1) is 12.5. The zero-order valence-electron chi connectivity index (χ0n) is 11.1. The zero-order chi connectivity index (χ0) is 13.1. The van der Waals surface area contributed by atoms with Crippen LogP contribution >= 0.6 is 0 Å². The summed E-state index contributed by atoms with van der Waals surface area (Å²) in [5.41, 5.74) is 8.87. The Morgan fingerprint density at radius 1 is 1.00 bits per heavy atom. The number of ether oxygens (including phenoxy) is 1. The van der Waals surface area contributed by atoms with E-state index in [1.807, 2.05) is 30.3 Å². The van der Waals surface area contributed by atoms with Gasteiger partial charge in [0.15, 0.2) is 0 Å². The molecule has 18 heavy (non-hydrogen) atoms. The molecule has 2 heteroatoms. The summed E-state index contributed by atoms with van der Waals surface area (Å²) in [6, 6.07) is 13.8. The minimum atomic E-state index is 0.536. The molecule has 2 rings (SSSR count). The van der Waals surface area contributed by atoms with Crippen molar-refractivity contribution in [3.8, 4) is 11.5 Å². The van der Waals surface area contributed by atoms with Gasteiger partial charge in [0.1, 0.15) is 11.5 Å². The molecule has 94 valence electrons. The van der Waals surface area contributed by atoms with E-state index >= 15 is 0 Å². The van der Waals surface area contributed by atoms with E-state index < -0.39 is 0 Å². The Kier molecular flexibility index (Phi) is 3.56. The predicted molar refractivity (Wildman–Crippen MR) is 76.2 cm³/mol. The Hall–Kier alpha value is -1.96. The van der Waals surface area contributed by atoms with Crippen LogP contribution in [0.4, 0.5) is 5.69 Å². The van der Waals surface area contributed by atoms with Gasteiger partial charge in [0.05, 0.1) is 0 Å².